The Balaban J connectivity index is 3.09. The summed E-state index contributed by atoms with van der Waals surface area (Å²) in [5, 5.41) is 9.22. The molecule has 0 aromatic carbocycles. The average Bonchev–Trinajstić information content (AvgIpc) is 2.15. The zero-order valence-electron chi connectivity index (χ0n) is 11.0. The fourth-order valence-corrected chi connectivity index (χ4v) is 2.15. The Kier molecular flexibility index (Phi) is 10.4. The predicted octanol–water partition coefficient (Wildman–Crippen LogP) is 4.53. The quantitative estimate of drug-likeness (QED) is 0.530. The van der Waals surface area contributed by atoms with Gasteiger partial charge in [-0.15, -0.1) is 0 Å². The first-order valence-corrected chi connectivity index (χ1v) is 6.84. The van der Waals surface area contributed by atoms with Crippen LogP contribution in [0.1, 0.15) is 78.6 Å². The van der Waals surface area contributed by atoms with Crippen molar-refractivity contribution < 1.29 is 5.11 Å². The molecule has 1 unspecified atom stereocenters. The van der Waals surface area contributed by atoms with Crippen LogP contribution in [0.3, 0.4) is 0 Å². The van der Waals surface area contributed by atoms with Crippen LogP contribution in [-0.2, 0) is 0 Å². The van der Waals surface area contributed by atoms with Gasteiger partial charge in [-0.2, -0.15) is 0 Å². The number of unbranched alkanes of at least 4 members (excludes halogenated alkanes) is 6. The van der Waals surface area contributed by atoms with Crippen molar-refractivity contribution in [3.05, 3.63) is 0 Å². The molecule has 0 saturated carbocycles. The fourth-order valence-electron chi connectivity index (χ4n) is 2.15. The van der Waals surface area contributed by atoms with E-state index in [-0.39, 0.29) is 6.10 Å². The maximum Gasteiger partial charge on any atom is 0.0514 e. The molecule has 92 valence electrons. The summed E-state index contributed by atoms with van der Waals surface area (Å²) < 4.78 is 0. The van der Waals surface area contributed by atoms with Crippen molar-refractivity contribution >= 4 is 0 Å². The van der Waals surface area contributed by atoms with Crippen LogP contribution >= 0.6 is 0 Å². The molecule has 0 radical (unpaired) electrons. The molecule has 1 N–H and O–H groups in total. The first-order chi connectivity index (χ1) is 7.16. The number of hydrogen-bond acceptors (Lipinski definition) is 1. The lowest BCUT2D eigenvalue weighted by Gasteiger charge is -2.12. The minimum Gasteiger partial charge on any atom is -0.393 e. The largest absolute Gasteiger partial charge is 0.393 e. The Morgan fingerprint density at radius 3 is 1.93 bits per heavy atom. The molecule has 1 nitrogen and oxygen atoms in total. The van der Waals surface area contributed by atoms with Crippen molar-refractivity contribution in [1.82, 2.24) is 0 Å². The van der Waals surface area contributed by atoms with E-state index < -0.39 is 0 Å². The van der Waals surface area contributed by atoms with Crippen LogP contribution in [0, 0.1) is 5.92 Å². The van der Waals surface area contributed by atoms with Crippen molar-refractivity contribution in [3.8, 4) is 0 Å². The smallest absolute Gasteiger partial charge is 0.0514 e. The molecule has 0 aromatic heterocycles. The van der Waals surface area contributed by atoms with E-state index in [9.17, 15) is 5.11 Å². The number of rotatable bonds is 10. The lowest BCUT2D eigenvalue weighted by atomic mass is 9.97. The van der Waals surface area contributed by atoms with E-state index in [1.807, 2.05) is 6.92 Å². The second kappa shape index (κ2) is 10.5. The molecule has 0 aromatic rings. The molecule has 0 aliphatic heterocycles. The molecule has 0 saturated heterocycles. The van der Waals surface area contributed by atoms with E-state index in [1.54, 1.807) is 0 Å². The summed E-state index contributed by atoms with van der Waals surface area (Å²) in [4.78, 5) is 0. The van der Waals surface area contributed by atoms with E-state index in [0.717, 1.165) is 6.42 Å². The average molecular weight is 214 g/mol. The first-order valence-electron chi connectivity index (χ1n) is 6.84. The topological polar surface area (TPSA) is 20.2 Å². The van der Waals surface area contributed by atoms with Gasteiger partial charge < -0.3 is 5.11 Å². The van der Waals surface area contributed by atoms with Crippen LogP contribution in [0.4, 0.5) is 0 Å². The molecule has 0 fully saturated rings. The standard InChI is InChI=1S/C14H30O/c1-4-5-6-7-8-9-10-11-13(2)12-14(3)15/h13-15H,4-12H2,1-3H3/t13?,14-/m0/s1. The van der Waals surface area contributed by atoms with Gasteiger partial charge in [0.15, 0.2) is 0 Å². The van der Waals surface area contributed by atoms with Gasteiger partial charge in [0.25, 0.3) is 0 Å². The minimum atomic E-state index is -0.121. The molecule has 2 atom stereocenters. The highest BCUT2D eigenvalue weighted by Crippen LogP contribution is 2.16. The zero-order chi connectivity index (χ0) is 11.5. The van der Waals surface area contributed by atoms with E-state index in [0.29, 0.717) is 5.92 Å². The van der Waals surface area contributed by atoms with Gasteiger partial charge in [-0.25, -0.2) is 0 Å². The second-order valence-electron chi connectivity index (χ2n) is 5.10. The summed E-state index contributed by atoms with van der Waals surface area (Å²) >= 11 is 0. The molecule has 0 bridgehead atoms. The lowest BCUT2D eigenvalue weighted by Crippen LogP contribution is -2.06. The highest BCUT2D eigenvalue weighted by molar-refractivity contribution is 4.57. The molecule has 0 heterocycles. The Hall–Kier alpha value is -0.0400. The minimum absolute atomic E-state index is 0.121. The van der Waals surface area contributed by atoms with E-state index in [1.165, 1.54) is 51.4 Å². The maximum absolute atomic E-state index is 9.22. The van der Waals surface area contributed by atoms with Crippen LogP contribution in [0.25, 0.3) is 0 Å². The third-order valence-electron chi connectivity index (χ3n) is 3.04. The van der Waals surface area contributed by atoms with Gasteiger partial charge in [0.2, 0.25) is 0 Å². The SMILES string of the molecule is CCCCCCCCCC(C)C[C@H](C)O. The predicted molar refractivity (Wildman–Crippen MR) is 68.1 cm³/mol. The second-order valence-corrected chi connectivity index (χ2v) is 5.10. The van der Waals surface area contributed by atoms with Crippen LogP contribution in [0.5, 0.6) is 0 Å². The van der Waals surface area contributed by atoms with Gasteiger partial charge in [0.1, 0.15) is 0 Å². The zero-order valence-corrected chi connectivity index (χ0v) is 11.0. The van der Waals surface area contributed by atoms with Crippen LogP contribution in [-0.4, -0.2) is 11.2 Å². The summed E-state index contributed by atoms with van der Waals surface area (Å²) in [6.45, 7) is 6.41. The van der Waals surface area contributed by atoms with Gasteiger partial charge in [0.05, 0.1) is 6.10 Å². The molecule has 1 heteroatoms. The lowest BCUT2D eigenvalue weighted by molar-refractivity contribution is 0.161. The molecular weight excluding hydrogens is 184 g/mol. The molecule has 0 aliphatic rings. The summed E-state index contributed by atoms with van der Waals surface area (Å²) in [6.07, 6.45) is 11.8. The molecule has 0 spiro atoms. The molecule has 0 rings (SSSR count). The fraction of sp³-hybridized carbons (Fsp3) is 1.00. The van der Waals surface area contributed by atoms with Crippen molar-refractivity contribution in [3.63, 3.8) is 0 Å². The van der Waals surface area contributed by atoms with E-state index >= 15 is 0 Å². The molecular formula is C14H30O. The number of aliphatic hydroxyl groups is 1. The van der Waals surface area contributed by atoms with Crippen molar-refractivity contribution in [1.29, 1.82) is 0 Å². The molecule has 0 amide bonds. The van der Waals surface area contributed by atoms with Crippen LogP contribution in [0.15, 0.2) is 0 Å². The summed E-state index contributed by atoms with van der Waals surface area (Å²) in [5.41, 5.74) is 0. The summed E-state index contributed by atoms with van der Waals surface area (Å²) in [5.74, 6) is 0.695. The first kappa shape index (κ1) is 15.0. The Labute approximate surface area is 96.3 Å². The van der Waals surface area contributed by atoms with Gasteiger partial charge in [-0.05, 0) is 19.3 Å². The maximum atomic E-state index is 9.22. The third kappa shape index (κ3) is 11.9. The van der Waals surface area contributed by atoms with Crippen molar-refractivity contribution in [2.75, 3.05) is 0 Å². The Bertz CT molecular complexity index is 121. The Morgan fingerprint density at radius 1 is 0.867 bits per heavy atom. The van der Waals surface area contributed by atoms with Crippen LogP contribution < -0.4 is 0 Å². The molecule has 0 aliphatic carbocycles. The van der Waals surface area contributed by atoms with Crippen molar-refractivity contribution in [2.45, 2.75) is 84.7 Å². The monoisotopic (exact) mass is 214 g/mol. The normalized spacial score (nSPS) is 15.2. The highest BCUT2D eigenvalue weighted by Gasteiger charge is 2.05. The summed E-state index contributed by atoms with van der Waals surface area (Å²) in [7, 11) is 0. The third-order valence-corrected chi connectivity index (χ3v) is 3.04. The van der Waals surface area contributed by atoms with Gasteiger partial charge in [0, 0.05) is 0 Å². The van der Waals surface area contributed by atoms with E-state index in [2.05, 4.69) is 13.8 Å². The molecule has 15 heavy (non-hydrogen) atoms. The Morgan fingerprint density at radius 2 is 1.40 bits per heavy atom. The van der Waals surface area contributed by atoms with E-state index in [4.69, 9.17) is 0 Å². The van der Waals surface area contributed by atoms with Crippen LogP contribution in [0.2, 0.25) is 0 Å². The van der Waals surface area contributed by atoms with Gasteiger partial charge >= 0.3 is 0 Å². The van der Waals surface area contributed by atoms with Gasteiger partial charge in [-0.3, -0.25) is 0 Å². The number of aliphatic hydroxyl groups excluding tert-OH is 1. The van der Waals surface area contributed by atoms with Gasteiger partial charge in [-0.1, -0.05) is 65.2 Å². The highest BCUT2D eigenvalue weighted by atomic mass is 16.3. The summed E-state index contributed by atoms with van der Waals surface area (Å²) in [6, 6.07) is 0. The number of hydrogen-bond donors (Lipinski definition) is 1. The van der Waals surface area contributed by atoms with Crippen molar-refractivity contribution in [2.24, 2.45) is 5.92 Å².